The van der Waals surface area contributed by atoms with Gasteiger partial charge in [0.1, 0.15) is 34.9 Å². The highest BCUT2D eigenvalue weighted by Crippen LogP contribution is 2.36. The number of ether oxygens (including phenoxy) is 2. The highest BCUT2D eigenvalue weighted by atomic mass is 32.2. The van der Waals surface area contributed by atoms with E-state index < -0.39 is 33.3 Å². The van der Waals surface area contributed by atoms with Gasteiger partial charge in [0, 0.05) is 18.0 Å². The molecule has 4 aromatic rings. The van der Waals surface area contributed by atoms with E-state index in [2.05, 4.69) is 20.2 Å². The van der Waals surface area contributed by atoms with Crippen LogP contribution < -0.4 is 9.47 Å². The molecule has 3 heterocycles. The van der Waals surface area contributed by atoms with Gasteiger partial charge in [-0.05, 0) is 42.8 Å². The summed E-state index contributed by atoms with van der Waals surface area (Å²) in [5.41, 5.74) is 1.93. The fraction of sp³-hybridized carbons (Fsp3) is 0.250. The lowest BCUT2D eigenvalue weighted by molar-refractivity contribution is 0.196. The zero-order valence-corrected chi connectivity index (χ0v) is 20.6. The van der Waals surface area contributed by atoms with E-state index in [1.165, 1.54) is 20.3 Å². The lowest BCUT2D eigenvalue weighted by Gasteiger charge is -2.18. The van der Waals surface area contributed by atoms with Crippen molar-refractivity contribution in [1.29, 1.82) is 0 Å². The first-order chi connectivity index (χ1) is 17.2. The van der Waals surface area contributed by atoms with Gasteiger partial charge in [0.05, 0.1) is 31.9 Å². The predicted molar refractivity (Wildman–Crippen MR) is 129 cm³/mol. The minimum Gasteiger partial charge on any atom is -0.494 e. The Hall–Kier alpha value is -3.90. The molecule has 1 aromatic carbocycles. The van der Waals surface area contributed by atoms with E-state index in [0.717, 1.165) is 17.8 Å². The van der Waals surface area contributed by atoms with Crippen LogP contribution in [0.5, 0.6) is 11.5 Å². The van der Waals surface area contributed by atoms with Crippen molar-refractivity contribution < 1.29 is 27.4 Å². The van der Waals surface area contributed by atoms with Gasteiger partial charge in [0.2, 0.25) is 0 Å². The van der Waals surface area contributed by atoms with Crippen molar-refractivity contribution in [2.75, 3.05) is 20.0 Å². The SMILES string of the molecule is COc1cccc(OC)c1-n1c(CS(=O)(=O)C[C@H](O)c2ccc(F)cn2)nnc1-c1cncc(C)c1. The number of aliphatic hydroxyl groups excluding tert-OH is 1. The predicted octanol–water partition coefficient (Wildman–Crippen LogP) is 2.84. The summed E-state index contributed by atoms with van der Waals surface area (Å²) in [6, 6.07) is 9.34. The molecule has 1 atom stereocenters. The Morgan fingerprint density at radius 1 is 1.06 bits per heavy atom. The topological polar surface area (TPSA) is 129 Å². The minimum absolute atomic E-state index is 0.0411. The van der Waals surface area contributed by atoms with Crippen LogP contribution in [0.15, 0.2) is 55.0 Å². The molecule has 0 aliphatic carbocycles. The molecular weight excluding hydrogens is 489 g/mol. The first-order valence-electron chi connectivity index (χ1n) is 10.8. The summed E-state index contributed by atoms with van der Waals surface area (Å²) in [5, 5.41) is 18.9. The van der Waals surface area contributed by atoms with Crippen LogP contribution in [0.1, 0.15) is 23.2 Å². The number of benzene rings is 1. The molecule has 0 saturated carbocycles. The van der Waals surface area contributed by atoms with Crippen molar-refractivity contribution >= 4 is 9.84 Å². The van der Waals surface area contributed by atoms with Crippen molar-refractivity contribution in [3.05, 3.63) is 77.9 Å². The number of aromatic nitrogens is 5. The number of sulfone groups is 1. The number of nitrogens with zero attached hydrogens (tertiary/aromatic N) is 5. The molecule has 3 aromatic heterocycles. The van der Waals surface area contributed by atoms with Gasteiger partial charge in [-0.15, -0.1) is 10.2 Å². The van der Waals surface area contributed by atoms with E-state index in [1.807, 2.05) is 13.0 Å². The molecule has 0 amide bonds. The standard InChI is InChI=1S/C24H24FN5O5S/c1-15-9-16(11-26-10-15)24-29-28-22(30(24)23-20(34-2)5-4-6-21(23)35-3)14-36(32,33)13-19(31)18-8-7-17(25)12-27-18/h4-12,19,31H,13-14H2,1-3H3/t19-/m0/s1. The number of aliphatic hydroxyl groups is 1. The summed E-state index contributed by atoms with van der Waals surface area (Å²) in [6.45, 7) is 1.87. The fourth-order valence-corrected chi connectivity index (χ4v) is 5.08. The van der Waals surface area contributed by atoms with Gasteiger partial charge in [0.15, 0.2) is 21.5 Å². The zero-order chi connectivity index (χ0) is 25.9. The number of halogens is 1. The molecule has 0 aliphatic rings. The van der Waals surface area contributed by atoms with Gasteiger partial charge in [-0.25, -0.2) is 12.8 Å². The van der Waals surface area contributed by atoms with Crippen molar-refractivity contribution in [3.63, 3.8) is 0 Å². The second-order valence-electron chi connectivity index (χ2n) is 8.01. The molecule has 12 heteroatoms. The van der Waals surface area contributed by atoms with E-state index in [0.29, 0.717) is 28.6 Å². The maximum atomic E-state index is 13.2. The van der Waals surface area contributed by atoms with Gasteiger partial charge in [-0.3, -0.25) is 14.5 Å². The summed E-state index contributed by atoms with van der Waals surface area (Å²) >= 11 is 0. The summed E-state index contributed by atoms with van der Waals surface area (Å²) in [6.07, 6.45) is 2.74. The third-order valence-corrected chi connectivity index (χ3v) is 6.86. The number of pyridine rings is 2. The third-order valence-electron chi connectivity index (χ3n) is 5.34. The van der Waals surface area contributed by atoms with Crippen molar-refractivity contribution in [3.8, 4) is 28.6 Å². The zero-order valence-electron chi connectivity index (χ0n) is 19.8. The third kappa shape index (κ3) is 5.34. The monoisotopic (exact) mass is 513 g/mol. The largest absolute Gasteiger partial charge is 0.494 e. The van der Waals surface area contributed by atoms with E-state index >= 15 is 0 Å². The van der Waals surface area contributed by atoms with Crippen LogP contribution in [-0.2, 0) is 15.6 Å². The maximum Gasteiger partial charge on any atom is 0.170 e. The maximum absolute atomic E-state index is 13.2. The summed E-state index contributed by atoms with van der Waals surface area (Å²) in [7, 11) is -0.973. The normalized spacial score (nSPS) is 12.4. The number of aryl methyl sites for hydroxylation is 1. The Kier molecular flexibility index (Phi) is 7.27. The smallest absolute Gasteiger partial charge is 0.170 e. The van der Waals surface area contributed by atoms with Crippen LogP contribution in [0.4, 0.5) is 4.39 Å². The number of para-hydroxylation sites is 1. The van der Waals surface area contributed by atoms with Crippen LogP contribution >= 0.6 is 0 Å². The molecule has 188 valence electrons. The van der Waals surface area contributed by atoms with Crippen LogP contribution in [0, 0.1) is 12.7 Å². The van der Waals surface area contributed by atoms with Crippen molar-refractivity contribution in [1.82, 2.24) is 24.7 Å². The van der Waals surface area contributed by atoms with Gasteiger partial charge < -0.3 is 14.6 Å². The average Bonchev–Trinajstić information content (AvgIpc) is 3.25. The Morgan fingerprint density at radius 3 is 2.39 bits per heavy atom. The molecule has 4 rings (SSSR count). The number of hydrogen-bond donors (Lipinski definition) is 1. The highest BCUT2D eigenvalue weighted by Gasteiger charge is 2.28. The number of methoxy groups -OCH3 is 2. The molecule has 0 spiro atoms. The average molecular weight is 514 g/mol. The van der Waals surface area contributed by atoms with Crippen LogP contribution in [0.3, 0.4) is 0 Å². The Morgan fingerprint density at radius 2 is 1.78 bits per heavy atom. The van der Waals surface area contributed by atoms with E-state index in [9.17, 15) is 17.9 Å². The molecule has 0 bridgehead atoms. The van der Waals surface area contributed by atoms with E-state index in [-0.39, 0.29) is 11.5 Å². The van der Waals surface area contributed by atoms with Gasteiger partial charge in [-0.1, -0.05) is 6.07 Å². The number of rotatable bonds is 9. The fourth-order valence-electron chi connectivity index (χ4n) is 3.73. The molecule has 0 unspecified atom stereocenters. The summed E-state index contributed by atoms with van der Waals surface area (Å²) in [5.74, 6) is -0.573. The van der Waals surface area contributed by atoms with Crippen LogP contribution in [0.2, 0.25) is 0 Å². The molecule has 0 fully saturated rings. The molecular formula is C24H24FN5O5S. The first-order valence-corrected chi connectivity index (χ1v) is 12.6. The first kappa shape index (κ1) is 25.2. The molecule has 0 radical (unpaired) electrons. The second kappa shape index (κ2) is 10.4. The van der Waals surface area contributed by atoms with E-state index in [4.69, 9.17) is 9.47 Å². The van der Waals surface area contributed by atoms with Crippen LogP contribution in [-0.4, -0.2) is 58.2 Å². The molecule has 1 N–H and O–H groups in total. The van der Waals surface area contributed by atoms with Gasteiger partial charge >= 0.3 is 0 Å². The molecule has 0 aliphatic heterocycles. The van der Waals surface area contributed by atoms with E-state index in [1.54, 1.807) is 35.2 Å². The minimum atomic E-state index is -3.94. The highest BCUT2D eigenvalue weighted by molar-refractivity contribution is 7.90. The second-order valence-corrected chi connectivity index (χ2v) is 10.1. The number of hydrogen-bond acceptors (Lipinski definition) is 9. The molecule has 0 saturated heterocycles. The Balaban J connectivity index is 1.80. The summed E-state index contributed by atoms with van der Waals surface area (Å²) in [4.78, 5) is 7.98. The molecule has 36 heavy (non-hydrogen) atoms. The van der Waals surface area contributed by atoms with Crippen molar-refractivity contribution in [2.45, 2.75) is 18.8 Å². The van der Waals surface area contributed by atoms with Gasteiger partial charge in [0.25, 0.3) is 0 Å². The van der Waals surface area contributed by atoms with Gasteiger partial charge in [-0.2, -0.15) is 0 Å². The lowest BCUT2D eigenvalue weighted by Crippen LogP contribution is -2.19. The summed E-state index contributed by atoms with van der Waals surface area (Å²) < 4.78 is 52.1. The van der Waals surface area contributed by atoms with Crippen LogP contribution in [0.25, 0.3) is 17.1 Å². The Bertz CT molecular complexity index is 1450. The van der Waals surface area contributed by atoms with Crippen molar-refractivity contribution in [2.24, 2.45) is 0 Å². The lowest BCUT2D eigenvalue weighted by atomic mass is 10.2. The Labute approximate surface area is 207 Å². The molecule has 10 nitrogen and oxygen atoms in total. The quantitative estimate of drug-likeness (QED) is 0.359.